The van der Waals surface area contributed by atoms with Crippen LogP contribution in [-0.2, 0) is 5.41 Å². The van der Waals surface area contributed by atoms with Gasteiger partial charge in [-0.05, 0) is 82.1 Å². The third-order valence-electron chi connectivity index (χ3n) is 4.26. The van der Waals surface area contributed by atoms with E-state index in [4.69, 9.17) is 0 Å². The molecule has 2 heteroatoms. The summed E-state index contributed by atoms with van der Waals surface area (Å²) in [4.78, 5) is 0. The van der Waals surface area contributed by atoms with Crippen molar-refractivity contribution in [2.45, 2.75) is 32.1 Å². The quantitative estimate of drug-likeness (QED) is 0.771. The fraction of sp³-hybridized carbons (Fsp3) is 0.600. The summed E-state index contributed by atoms with van der Waals surface area (Å²) in [5, 5.41) is 3.48. The van der Waals surface area contributed by atoms with E-state index in [-0.39, 0.29) is 5.41 Å². The topological polar surface area (TPSA) is 12.0 Å². The molecule has 0 unspecified atom stereocenters. The fourth-order valence-electron chi connectivity index (χ4n) is 3.15. The molecule has 1 saturated carbocycles. The van der Waals surface area contributed by atoms with Crippen molar-refractivity contribution < 1.29 is 0 Å². The molecule has 0 amide bonds. The van der Waals surface area contributed by atoms with E-state index in [1.807, 2.05) is 0 Å². The zero-order chi connectivity index (χ0) is 12.2. The highest BCUT2D eigenvalue weighted by molar-refractivity contribution is 14.1. The molecular weight excluding hydrogens is 321 g/mol. The van der Waals surface area contributed by atoms with E-state index in [2.05, 4.69) is 66.9 Å². The van der Waals surface area contributed by atoms with Crippen molar-refractivity contribution >= 4 is 22.6 Å². The van der Waals surface area contributed by atoms with Gasteiger partial charge in [-0.15, -0.1) is 0 Å². The second kappa shape index (κ2) is 3.95. The molecule has 17 heavy (non-hydrogen) atoms. The minimum absolute atomic E-state index is 0.262. The lowest BCUT2D eigenvalue weighted by Crippen LogP contribution is -2.15. The molecular formula is C15H20IN. The first-order valence-electron chi connectivity index (χ1n) is 6.48. The number of hydrogen-bond donors (Lipinski definition) is 1. The Balaban J connectivity index is 1.93. The van der Waals surface area contributed by atoms with Gasteiger partial charge in [0, 0.05) is 3.57 Å². The van der Waals surface area contributed by atoms with Gasteiger partial charge < -0.3 is 5.32 Å². The second-order valence-corrected chi connectivity index (χ2v) is 7.78. The molecule has 0 radical (unpaired) electrons. The van der Waals surface area contributed by atoms with Crippen LogP contribution in [0.5, 0.6) is 0 Å². The first-order chi connectivity index (χ1) is 7.97. The molecule has 1 heterocycles. The van der Waals surface area contributed by atoms with Gasteiger partial charge >= 0.3 is 0 Å². The van der Waals surface area contributed by atoms with Crippen LogP contribution in [0.15, 0.2) is 18.2 Å². The molecule has 2 fully saturated rings. The standard InChI is InChI=1S/C15H20IN/c1-15(2,3)10-4-9(5-11(16)6-10)14-12-7-17-8-13(12)14/h4-6,12-14,17H,7-8H2,1-3H3/t12-,13+,14+. The highest BCUT2D eigenvalue weighted by atomic mass is 127. The van der Waals surface area contributed by atoms with Crippen LogP contribution in [-0.4, -0.2) is 13.1 Å². The predicted molar refractivity (Wildman–Crippen MR) is 80.4 cm³/mol. The average Bonchev–Trinajstić information content (AvgIpc) is 2.70. The Morgan fingerprint density at radius 2 is 1.76 bits per heavy atom. The maximum absolute atomic E-state index is 3.48. The zero-order valence-electron chi connectivity index (χ0n) is 10.8. The Morgan fingerprint density at radius 1 is 1.12 bits per heavy atom. The van der Waals surface area contributed by atoms with Gasteiger partial charge in [0.05, 0.1) is 0 Å². The SMILES string of the molecule is CC(C)(C)c1cc(I)cc([C@H]2[C@@H]3CNC[C@@H]32)c1. The van der Waals surface area contributed by atoms with Crippen LogP contribution in [0.2, 0.25) is 0 Å². The molecule has 92 valence electrons. The molecule has 0 aromatic heterocycles. The number of hydrogen-bond acceptors (Lipinski definition) is 1. The van der Waals surface area contributed by atoms with Crippen molar-refractivity contribution in [3.8, 4) is 0 Å². The van der Waals surface area contributed by atoms with Crippen molar-refractivity contribution in [2.75, 3.05) is 13.1 Å². The Kier molecular flexibility index (Phi) is 2.78. The van der Waals surface area contributed by atoms with E-state index in [1.165, 1.54) is 22.2 Å². The van der Waals surface area contributed by atoms with E-state index < -0.39 is 0 Å². The highest BCUT2D eigenvalue weighted by Gasteiger charge is 2.53. The molecule has 2 aliphatic rings. The highest BCUT2D eigenvalue weighted by Crippen LogP contribution is 2.56. The maximum Gasteiger partial charge on any atom is 0.0136 e. The lowest BCUT2D eigenvalue weighted by atomic mass is 9.85. The number of piperidine rings is 1. The maximum atomic E-state index is 3.48. The van der Waals surface area contributed by atoms with Crippen LogP contribution < -0.4 is 5.32 Å². The molecule has 1 N–H and O–H groups in total. The van der Waals surface area contributed by atoms with E-state index in [9.17, 15) is 0 Å². The lowest BCUT2D eigenvalue weighted by Gasteiger charge is -2.21. The van der Waals surface area contributed by atoms with E-state index in [0.29, 0.717) is 0 Å². The monoisotopic (exact) mass is 341 g/mol. The summed E-state index contributed by atoms with van der Waals surface area (Å²) < 4.78 is 1.39. The van der Waals surface area contributed by atoms with E-state index >= 15 is 0 Å². The number of fused-ring (bicyclic) bond motifs is 1. The van der Waals surface area contributed by atoms with Crippen LogP contribution in [0.3, 0.4) is 0 Å². The van der Waals surface area contributed by atoms with E-state index in [1.54, 1.807) is 5.56 Å². The third kappa shape index (κ3) is 2.14. The molecule has 1 aliphatic heterocycles. The first kappa shape index (κ1) is 12.0. The van der Waals surface area contributed by atoms with Gasteiger partial charge in [0.1, 0.15) is 0 Å². The fourth-order valence-corrected chi connectivity index (χ4v) is 3.85. The summed E-state index contributed by atoms with van der Waals surface area (Å²) >= 11 is 2.46. The van der Waals surface area contributed by atoms with Crippen molar-refractivity contribution in [3.63, 3.8) is 0 Å². The summed E-state index contributed by atoms with van der Waals surface area (Å²) in [6.07, 6.45) is 0. The molecule has 1 aliphatic carbocycles. The number of rotatable bonds is 1. The minimum Gasteiger partial charge on any atom is -0.316 e. The predicted octanol–water partition coefficient (Wildman–Crippen LogP) is 3.52. The van der Waals surface area contributed by atoms with Gasteiger partial charge in [0.15, 0.2) is 0 Å². The van der Waals surface area contributed by atoms with Crippen molar-refractivity contribution in [1.82, 2.24) is 5.32 Å². The number of benzene rings is 1. The smallest absolute Gasteiger partial charge is 0.0136 e. The van der Waals surface area contributed by atoms with Crippen LogP contribution in [0.4, 0.5) is 0 Å². The van der Waals surface area contributed by atoms with Crippen molar-refractivity contribution in [2.24, 2.45) is 11.8 Å². The Labute approximate surface area is 118 Å². The molecule has 0 bridgehead atoms. The number of halogens is 1. The van der Waals surface area contributed by atoms with Crippen LogP contribution in [0.25, 0.3) is 0 Å². The van der Waals surface area contributed by atoms with Crippen LogP contribution in [0.1, 0.15) is 37.8 Å². The normalized spacial score (nSPS) is 31.4. The zero-order valence-corrected chi connectivity index (χ0v) is 12.9. The van der Waals surface area contributed by atoms with Crippen molar-refractivity contribution in [3.05, 3.63) is 32.9 Å². The Morgan fingerprint density at radius 3 is 2.35 bits per heavy atom. The number of nitrogens with one attached hydrogen (secondary N) is 1. The van der Waals surface area contributed by atoms with Gasteiger partial charge in [-0.3, -0.25) is 0 Å². The molecule has 1 aromatic rings. The summed E-state index contributed by atoms with van der Waals surface area (Å²) in [7, 11) is 0. The minimum atomic E-state index is 0.262. The van der Waals surface area contributed by atoms with Crippen LogP contribution in [0, 0.1) is 15.4 Å². The lowest BCUT2D eigenvalue weighted by molar-refractivity contribution is 0.587. The van der Waals surface area contributed by atoms with Gasteiger partial charge in [-0.25, -0.2) is 0 Å². The van der Waals surface area contributed by atoms with Gasteiger partial charge in [0.25, 0.3) is 0 Å². The van der Waals surface area contributed by atoms with Gasteiger partial charge in [-0.2, -0.15) is 0 Å². The molecule has 1 nitrogen and oxygen atoms in total. The van der Waals surface area contributed by atoms with Gasteiger partial charge in [0.2, 0.25) is 0 Å². The van der Waals surface area contributed by atoms with Gasteiger partial charge in [-0.1, -0.05) is 26.8 Å². The molecule has 1 saturated heterocycles. The molecule has 3 rings (SSSR count). The Bertz CT molecular complexity index is 437. The Hall–Kier alpha value is -0.0900. The largest absolute Gasteiger partial charge is 0.316 e. The summed E-state index contributed by atoms with van der Waals surface area (Å²) in [5.41, 5.74) is 3.33. The first-order valence-corrected chi connectivity index (χ1v) is 7.56. The molecule has 0 spiro atoms. The van der Waals surface area contributed by atoms with Crippen LogP contribution >= 0.6 is 22.6 Å². The summed E-state index contributed by atoms with van der Waals surface area (Å²) in [5.74, 6) is 2.68. The average molecular weight is 341 g/mol. The summed E-state index contributed by atoms with van der Waals surface area (Å²) in [6.45, 7) is 9.36. The molecule has 1 aromatic carbocycles. The van der Waals surface area contributed by atoms with E-state index in [0.717, 1.165) is 17.8 Å². The summed E-state index contributed by atoms with van der Waals surface area (Å²) in [6, 6.07) is 7.17. The van der Waals surface area contributed by atoms with Crippen molar-refractivity contribution in [1.29, 1.82) is 0 Å². The third-order valence-corrected chi connectivity index (χ3v) is 4.89. The second-order valence-electron chi connectivity index (χ2n) is 6.53. The molecule has 3 atom stereocenters.